The summed E-state index contributed by atoms with van der Waals surface area (Å²) in [6.07, 6.45) is -2.21. The molecule has 16 heteroatoms. The van der Waals surface area contributed by atoms with Crippen molar-refractivity contribution < 1.29 is 35.9 Å². The van der Waals surface area contributed by atoms with Crippen LogP contribution in [0.5, 0.6) is 5.75 Å². The van der Waals surface area contributed by atoms with Crippen molar-refractivity contribution in [2.75, 3.05) is 26.2 Å². The maximum Gasteiger partial charge on any atom is 0.401 e. The number of amides is 1. The molecule has 0 N–H and O–H groups in total. The number of nitrogens with zero attached hydrogens (tertiary/aromatic N) is 7. The number of fused-ring (bicyclic) bond motifs is 3. The molecule has 1 amide bonds. The molecule has 54 heavy (non-hydrogen) atoms. The van der Waals surface area contributed by atoms with Crippen molar-refractivity contribution in [1.82, 2.24) is 34.1 Å². The molecule has 3 atom stereocenters. The van der Waals surface area contributed by atoms with E-state index < -0.39 is 42.3 Å². The summed E-state index contributed by atoms with van der Waals surface area (Å²) in [5.41, 5.74) is 3.03. The molecule has 8 rings (SSSR count). The van der Waals surface area contributed by atoms with Crippen molar-refractivity contribution in [3.63, 3.8) is 0 Å². The molecule has 0 radical (unpaired) electrons. The Morgan fingerprint density at radius 1 is 1.06 bits per heavy atom. The van der Waals surface area contributed by atoms with Gasteiger partial charge in [0.25, 0.3) is 0 Å². The zero-order chi connectivity index (χ0) is 38.2. The number of halogens is 6. The number of benzene rings is 2. The molecule has 0 unspecified atom stereocenters. The minimum absolute atomic E-state index is 0.0165. The second-order valence-corrected chi connectivity index (χ2v) is 14.7. The van der Waals surface area contributed by atoms with Gasteiger partial charge in [-0.3, -0.25) is 14.4 Å². The van der Waals surface area contributed by atoms with Crippen LogP contribution >= 0.6 is 11.3 Å². The molecule has 2 aromatic carbocycles. The first-order valence-corrected chi connectivity index (χ1v) is 18.1. The van der Waals surface area contributed by atoms with Gasteiger partial charge in [0.05, 0.1) is 57.6 Å². The van der Waals surface area contributed by atoms with Gasteiger partial charge in [0.2, 0.25) is 5.91 Å². The van der Waals surface area contributed by atoms with Gasteiger partial charge in [-0.25, -0.2) is 23.1 Å². The van der Waals surface area contributed by atoms with Crippen molar-refractivity contribution in [3.05, 3.63) is 83.9 Å². The normalized spacial score (nSPS) is 19.2. The van der Waals surface area contributed by atoms with Gasteiger partial charge >= 0.3 is 6.18 Å². The standard InChI is InChI=1S/C38H33F6N7O2S/c1-5-31(52)50-14-19(2)51-29(20(50)3)13-27(47-51)36-34(32-24(40)11-22(39)12-30(32)53-23-8-9-49(15-23)17-38(42,43)44)33-25(41)16-54-37(33)35(46-36)21-6-7-28-26(10-21)45-18-48(28)4/h5-7,10-13,16,18-20,23H,1,8-9,14-15,17H2,2-4H3/t19-,20+,23+/m0/s1. The Bertz CT molecular complexity index is 2470. The van der Waals surface area contributed by atoms with Crippen LogP contribution in [0.3, 0.4) is 0 Å². The van der Waals surface area contributed by atoms with E-state index in [2.05, 4.69) is 11.6 Å². The highest BCUT2D eigenvalue weighted by molar-refractivity contribution is 7.17. The smallest absolute Gasteiger partial charge is 0.401 e. The summed E-state index contributed by atoms with van der Waals surface area (Å²) in [6, 6.07) is 8.08. The minimum atomic E-state index is -4.44. The van der Waals surface area contributed by atoms with Crippen molar-refractivity contribution in [3.8, 4) is 39.5 Å². The van der Waals surface area contributed by atoms with E-state index in [4.69, 9.17) is 14.8 Å². The van der Waals surface area contributed by atoms with Crippen LogP contribution in [0.1, 0.15) is 38.0 Å². The number of aryl methyl sites for hydroxylation is 1. The average molecular weight is 766 g/mol. The number of rotatable bonds is 7. The molecule has 0 aliphatic carbocycles. The third kappa shape index (κ3) is 6.20. The van der Waals surface area contributed by atoms with Gasteiger partial charge in [0, 0.05) is 60.7 Å². The predicted molar refractivity (Wildman–Crippen MR) is 192 cm³/mol. The molecule has 0 spiro atoms. The van der Waals surface area contributed by atoms with E-state index in [0.29, 0.717) is 39.8 Å². The van der Waals surface area contributed by atoms with Crippen LogP contribution in [-0.2, 0) is 11.8 Å². The molecule has 6 heterocycles. The molecule has 0 bridgehead atoms. The highest BCUT2D eigenvalue weighted by Crippen LogP contribution is 2.49. The number of ether oxygens (including phenoxy) is 1. The maximum absolute atomic E-state index is 16.4. The number of hydrogen-bond acceptors (Lipinski definition) is 7. The van der Waals surface area contributed by atoms with Crippen LogP contribution in [-0.4, -0.2) is 78.5 Å². The monoisotopic (exact) mass is 765 g/mol. The van der Waals surface area contributed by atoms with Gasteiger partial charge in [0.15, 0.2) is 0 Å². The van der Waals surface area contributed by atoms with Gasteiger partial charge in [-0.05, 0) is 44.5 Å². The van der Waals surface area contributed by atoms with Crippen molar-refractivity contribution in [2.24, 2.45) is 7.05 Å². The molecular weight excluding hydrogens is 733 g/mol. The molecule has 1 fully saturated rings. The molecule has 0 saturated carbocycles. The summed E-state index contributed by atoms with van der Waals surface area (Å²) >= 11 is 1.05. The highest BCUT2D eigenvalue weighted by Gasteiger charge is 2.37. The molecule has 2 aliphatic rings. The van der Waals surface area contributed by atoms with Crippen LogP contribution in [0.25, 0.3) is 54.9 Å². The topological polar surface area (TPSA) is 81.3 Å². The minimum Gasteiger partial charge on any atom is -0.488 e. The summed E-state index contributed by atoms with van der Waals surface area (Å²) in [6.45, 7) is 6.44. The summed E-state index contributed by atoms with van der Waals surface area (Å²) in [4.78, 5) is 25.2. The van der Waals surface area contributed by atoms with Crippen molar-refractivity contribution in [1.29, 1.82) is 0 Å². The number of pyridine rings is 1. The van der Waals surface area contributed by atoms with Crippen molar-refractivity contribution in [2.45, 2.75) is 44.6 Å². The Hall–Kier alpha value is -5.22. The molecule has 6 aromatic rings. The Balaban J connectivity index is 1.36. The lowest BCUT2D eigenvalue weighted by Crippen LogP contribution is -2.42. The first-order chi connectivity index (χ1) is 25.7. The Morgan fingerprint density at radius 3 is 2.61 bits per heavy atom. The number of likely N-dealkylation sites (tertiary alicyclic amines) is 1. The van der Waals surface area contributed by atoms with E-state index in [1.54, 1.807) is 22.0 Å². The lowest BCUT2D eigenvalue weighted by atomic mass is 9.94. The number of aromatic nitrogens is 5. The molecule has 9 nitrogen and oxygen atoms in total. The Kier molecular flexibility index (Phi) is 8.79. The fourth-order valence-corrected chi connectivity index (χ4v) is 8.54. The molecule has 1 saturated heterocycles. The summed E-state index contributed by atoms with van der Waals surface area (Å²) in [5.74, 6) is -3.35. The van der Waals surface area contributed by atoms with E-state index in [1.165, 1.54) is 11.5 Å². The molecular formula is C38H33F6N7O2S. The summed E-state index contributed by atoms with van der Waals surface area (Å²) in [7, 11) is 1.86. The number of thiophene rings is 1. The zero-order valence-corrected chi connectivity index (χ0v) is 30.1. The molecule has 2 aliphatic heterocycles. The first kappa shape index (κ1) is 35.8. The van der Waals surface area contributed by atoms with Crippen LogP contribution in [0, 0.1) is 17.5 Å². The summed E-state index contributed by atoms with van der Waals surface area (Å²) in [5, 5.41) is 6.16. The SMILES string of the molecule is C=CC(=O)N1C[C@H](C)n2nc(-c3nc(-c4ccc5c(c4)ncn5C)c4scc(F)c4c3-c3c(F)cc(F)cc3O[C@@H]3CCN(CC(F)(F)F)C3)cc2[C@H]1C. The van der Waals surface area contributed by atoms with Gasteiger partial charge < -0.3 is 14.2 Å². The van der Waals surface area contributed by atoms with Gasteiger partial charge in [-0.1, -0.05) is 12.6 Å². The van der Waals surface area contributed by atoms with E-state index in [-0.39, 0.29) is 65.1 Å². The maximum atomic E-state index is 16.4. The van der Waals surface area contributed by atoms with E-state index >= 15 is 13.2 Å². The number of carbonyl (C=O) groups excluding carboxylic acids is 1. The first-order valence-electron chi connectivity index (χ1n) is 17.2. The fraction of sp³-hybridized carbons (Fsp3) is 0.316. The fourth-order valence-electron chi connectivity index (χ4n) is 7.61. The highest BCUT2D eigenvalue weighted by atomic mass is 32.1. The second-order valence-electron chi connectivity index (χ2n) is 13.8. The van der Waals surface area contributed by atoms with Crippen LogP contribution in [0.4, 0.5) is 26.3 Å². The lowest BCUT2D eigenvalue weighted by Gasteiger charge is -2.36. The Morgan fingerprint density at radius 2 is 1.85 bits per heavy atom. The Labute approximate surface area is 309 Å². The average Bonchev–Trinajstić information content (AvgIpc) is 3.92. The van der Waals surface area contributed by atoms with E-state index in [9.17, 15) is 18.0 Å². The third-order valence-corrected chi connectivity index (χ3v) is 11.1. The van der Waals surface area contributed by atoms with Crippen LogP contribution in [0.2, 0.25) is 0 Å². The van der Waals surface area contributed by atoms with Crippen molar-refractivity contribution >= 4 is 38.4 Å². The van der Waals surface area contributed by atoms with Gasteiger partial charge in [-0.15, -0.1) is 11.3 Å². The van der Waals surface area contributed by atoms with Crippen LogP contribution < -0.4 is 4.74 Å². The number of hydrogen-bond donors (Lipinski definition) is 0. The zero-order valence-electron chi connectivity index (χ0n) is 29.3. The number of alkyl halides is 3. The van der Waals surface area contributed by atoms with E-state index in [1.807, 2.05) is 43.7 Å². The molecule has 280 valence electrons. The third-order valence-electron chi connectivity index (χ3n) is 10.1. The van der Waals surface area contributed by atoms with E-state index in [0.717, 1.165) is 27.8 Å². The number of imidazole rings is 1. The predicted octanol–water partition coefficient (Wildman–Crippen LogP) is 8.46. The molecule has 4 aromatic heterocycles. The van der Waals surface area contributed by atoms with Crippen LogP contribution in [0.15, 0.2) is 60.8 Å². The quantitative estimate of drug-likeness (QED) is 0.120. The largest absolute Gasteiger partial charge is 0.488 e. The van der Waals surface area contributed by atoms with Gasteiger partial charge in [0.1, 0.15) is 40.7 Å². The number of carbonyl (C=O) groups is 1. The van der Waals surface area contributed by atoms with Gasteiger partial charge in [-0.2, -0.15) is 18.3 Å². The lowest BCUT2D eigenvalue weighted by molar-refractivity contribution is -0.144. The second kappa shape index (κ2) is 13.3. The summed E-state index contributed by atoms with van der Waals surface area (Å²) < 4.78 is 97.5.